The number of anilines is 1. The van der Waals surface area contributed by atoms with Crippen LogP contribution in [0.1, 0.15) is 0 Å². The highest BCUT2D eigenvalue weighted by molar-refractivity contribution is 7.80. The summed E-state index contributed by atoms with van der Waals surface area (Å²) in [4.78, 5) is 2.03. The van der Waals surface area contributed by atoms with Crippen molar-refractivity contribution in [2.75, 3.05) is 11.1 Å². The van der Waals surface area contributed by atoms with Crippen LogP contribution in [0.2, 0.25) is 19.6 Å². The van der Waals surface area contributed by atoms with E-state index in [-0.39, 0.29) is 0 Å². The van der Waals surface area contributed by atoms with Gasteiger partial charge < -0.3 is 10.6 Å². The molecule has 0 radical (unpaired) electrons. The summed E-state index contributed by atoms with van der Waals surface area (Å²) in [5.41, 5.74) is 6.85. The zero-order valence-corrected chi connectivity index (χ0v) is 11.3. The van der Waals surface area contributed by atoms with Gasteiger partial charge in [-0.15, -0.1) is 0 Å². The number of hydrogen-bond donors (Lipinski definition) is 1. The Morgan fingerprint density at radius 3 is 2.20 bits per heavy atom. The van der Waals surface area contributed by atoms with E-state index in [2.05, 4.69) is 19.6 Å². The van der Waals surface area contributed by atoms with Gasteiger partial charge in [0.2, 0.25) is 0 Å². The smallest absolute Gasteiger partial charge is 0.170 e. The van der Waals surface area contributed by atoms with E-state index in [1.807, 2.05) is 35.2 Å². The van der Waals surface area contributed by atoms with Crippen LogP contribution in [-0.4, -0.2) is 19.4 Å². The van der Waals surface area contributed by atoms with E-state index in [4.69, 9.17) is 18.0 Å². The molecule has 15 heavy (non-hydrogen) atoms. The van der Waals surface area contributed by atoms with Gasteiger partial charge in [-0.3, -0.25) is 0 Å². The first-order valence-electron chi connectivity index (χ1n) is 5.02. The standard InChI is InChI=1S/C11H18N2SSi/c1-15(2,3)9-13(11(12)14)10-7-5-4-6-8-10/h4-8H,9H2,1-3H3,(H2,12,14). The topological polar surface area (TPSA) is 29.3 Å². The van der Waals surface area contributed by atoms with Crippen LogP contribution in [0.25, 0.3) is 0 Å². The molecule has 0 spiro atoms. The molecule has 0 aromatic heterocycles. The van der Waals surface area contributed by atoms with Crippen LogP contribution in [0.5, 0.6) is 0 Å². The molecule has 0 saturated carbocycles. The summed E-state index contributed by atoms with van der Waals surface area (Å²) in [6.45, 7) is 6.92. The zero-order chi connectivity index (χ0) is 11.5. The quantitative estimate of drug-likeness (QED) is 0.648. The largest absolute Gasteiger partial charge is 0.376 e. The number of thiocarbonyl (C=S) groups is 1. The number of rotatable bonds is 3. The van der Waals surface area contributed by atoms with Gasteiger partial charge in [0.25, 0.3) is 0 Å². The van der Waals surface area contributed by atoms with E-state index in [0.29, 0.717) is 5.11 Å². The maximum Gasteiger partial charge on any atom is 0.170 e. The van der Waals surface area contributed by atoms with Crippen molar-refractivity contribution in [3.63, 3.8) is 0 Å². The van der Waals surface area contributed by atoms with Crippen LogP contribution in [0.4, 0.5) is 5.69 Å². The highest BCUT2D eigenvalue weighted by Crippen LogP contribution is 2.16. The lowest BCUT2D eigenvalue weighted by atomic mass is 10.3. The Morgan fingerprint density at radius 1 is 1.27 bits per heavy atom. The van der Waals surface area contributed by atoms with Crippen molar-refractivity contribution in [2.24, 2.45) is 5.73 Å². The first-order chi connectivity index (χ1) is 6.90. The van der Waals surface area contributed by atoms with Crippen LogP contribution in [-0.2, 0) is 0 Å². The van der Waals surface area contributed by atoms with E-state index in [1.54, 1.807) is 0 Å². The van der Waals surface area contributed by atoms with Crippen molar-refractivity contribution in [3.05, 3.63) is 30.3 Å². The first kappa shape index (κ1) is 12.2. The van der Waals surface area contributed by atoms with Gasteiger partial charge in [0, 0.05) is 11.9 Å². The van der Waals surface area contributed by atoms with Crippen molar-refractivity contribution in [2.45, 2.75) is 19.6 Å². The van der Waals surface area contributed by atoms with Gasteiger partial charge in [0.15, 0.2) is 5.11 Å². The van der Waals surface area contributed by atoms with Gasteiger partial charge in [0.05, 0.1) is 8.07 Å². The van der Waals surface area contributed by atoms with Crippen LogP contribution in [0, 0.1) is 0 Å². The molecule has 1 aromatic rings. The molecule has 1 aromatic carbocycles. The highest BCUT2D eigenvalue weighted by atomic mass is 32.1. The number of hydrogen-bond acceptors (Lipinski definition) is 1. The number of para-hydroxylation sites is 1. The van der Waals surface area contributed by atoms with Crippen molar-refractivity contribution in [1.29, 1.82) is 0 Å². The average Bonchev–Trinajstić information content (AvgIpc) is 2.14. The summed E-state index contributed by atoms with van der Waals surface area (Å²) in [6.07, 6.45) is 0.965. The minimum Gasteiger partial charge on any atom is -0.376 e. The Hall–Kier alpha value is -0.873. The van der Waals surface area contributed by atoms with Crippen molar-refractivity contribution >= 4 is 31.1 Å². The third-order valence-electron chi connectivity index (χ3n) is 1.97. The summed E-state index contributed by atoms with van der Waals surface area (Å²) >= 11 is 5.09. The van der Waals surface area contributed by atoms with Gasteiger partial charge in [-0.2, -0.15) is 0 Å². The molecule has 4 heteroatoms. The third-order valence-corrected chi connectivity index (χ3v) is 3.45. The second kappa shape index (κ2) is 4.77. The van der Waals surface area contributed by atoms with E-state index >= 15 is 0 Å². The molecule has 0 aliphatic carbocycles. The molecular weight excluding hydrogens is 220 g/mol. The fourth-order valence-corrected chi connectivity index (χ4v) is 2.96. The maximum atomic E-state index is 5.76. The van der Waals surface area contributed by atoms with Crippen LogP contribution >= 0.6 is 12.2 Å². The summed E-state index contributed by atoms with van der Waals surface area (Å²) in [5, 5.41) is 0.462. The second-order valence-corrected chi connectivity index (χ2v) is 10.7. The number of benzene rings is 1. The van der Waals surface area contributed by atoms with Crippen LogP contribution in [0.15, 0.2) is 30.3 Å². The van der Waals surface area contributed by atoms with Gasteiger partial charge in [-0.25, -0.2) is 0 Å². The van der Waals surface area contributed by atoms with Gasteiger partial charge in [0.1, 0.15) is 0 Å². The third kappa shape index (κ3) is 4.01. The Morgan fingerprint density at radius 2 is 1.80 bits per heavy atom. The predicted molar refractivity (Wildman–Crippen MR) is 73.9 cm³/mol. The molecule has 2 N–H and O–H groups in total. The molecule has 2 nitrogen and oxygen atoms in total. The summed E-state index contributed by atoms with van der Waals surface area (Å²) < 4.78 is 0. The Kier molecular flexibility index (Phi) is 3.88. The molecule has 0 heterocycles. The predicted octanol–water partition coefficient (Wildman–Crippen LogP) is 2.61. The van der Waals surface area contributed by atoms with E-state index in [0.717, 1.165) is 11.9 Å². The molecule has 0 aliphatic heterocycles. The molecule has 82 valence electrons. The van der Waals surface area contributed by atoms with Crippen LogP contribution < -0.4 is 10.6 Å². The van der Waals surface area contributed by atoms with Crippen molar-refractivity contribution in [1.82, 2.24) is 0 Å². The summed E-state index contributed by atoms with van der Waals surface area (Å²) in [6, 6.07) is 10.1. The molecule has 0 fully saturated rings. The van der Waals surface area contributed by atoms with Crippen molar-refractivity contribution in [3.8, 4) is 0 Å². The zero-order valence-electron chi connectivity index (χ0n) is 9.53. The first-order valence-corrected chi connectivity index (χ1v) is 9.14. The van der Waals surface area contributed by atoms with Gasteiger partial charge in [-0.05, 0) is 24.4 Å². The van der Waals surface area contributed by atoms with Crippen molar-refractivity contribution < 1.29 is 0 Å². The monoisotopic (exact) mass is 238 g/mol. The fourth-order valence-electron chi connectivity index (χ4n) is 1.38. The van der Waals surface area contributed by atoms with Gasteiger partial charge in [-0.1, -0.05) is 37.8 Å². The number of nitrogens with zero attached hydrogens (tertiary/aromatic N) is 1. The Labute approximate surface area is 98.1 Å². The molecule has 0 bridgehead atoms. The molecule has 0 saturated heterocycles. The summed E-state index contributed by atoms with van der Waals surface area (Å²) in [7, 11) is -1.21. The fraction of sp³-hybridized carbons (Fsp3) is 0.364. The van der Waals surface area contributed by atoms with Gasteiger partial charge >= 0.3 is 0 Å². The normalized spacial score (nSPS) is 11.1. The minimum atomic E-state index is -1.21. The molecule has 0 unspecified atom stereocenters. The lowest BCUT2D eigenvalue weighted by Gasteiger charge is -2.29. The molecule has 0 aliphatic rings. The van der Waals surface area contributed by atoms with E-state index in [1.165, 1.54) is 0 Å². The Balaban J connectivity index is 2.90. The maximum absolute atomic E-state index is 5.76. The second-order valence-electron chi connectivity index (χ2n) is 4.82. The van der Waals surface area contributed by atoms with E-state index < -0.39 is 8.07 Å². The Bertz CT molecular complexity index is 332. The minimum absolute atomic E-state index is 0.462. The molecule has 0 amide bonds. The molecule has 1 rings (SSSR count). The lowest BCUT2D eigenvalue weighted by Crippen LogP contribution is -2.46. The average molecular weight is 238 g/mol. The highest BCUT2D eigenvalue weighted by Gasteiger charge is 2.20. The molecular formula is C11H18N2SSi. The van der Waals surface area contributed by atoms with Crippen LogP contribution in [0.3, 0.4) is 0 Å². The summed E-state index contributed by atoms with van der Waals surface area (Å²) in [5.74, 6) is 0. The number of nitrogens with two attached hydrogens (primary N) is 1. The SMILES string of the molecule is C[Si](C)(C)CN(C(N)=S)c1ccccc1. The lowest BCUT2D eigenvalue weighted by molar-refractivity contribution is 1.17. The molecule has 0 atom stereocenters. The van der Waals surface area contributed by atoms with E-state index in [9.17, 15) is 0 Å².